The Morgan fingerprint density at radius 3 is 2.21 bits per heavy atom. The van der Waals surface area contributed by atoms with E-state index in [1.54, 1.807) is 26.0 Å². The molecule has 0 heterocycles. The molecule has 0 aliphatic heterocycles. The highest BCUT2D eigenvalue weighted by atomic mass is 32.2. The van der Waals surface area contributed by atoms with Crippen molar-refractivity contribution in [2.75, 3.05) is 18.5 Å². The monoisotopic (exact) mass is 474 g/mol. The van der Waals surface area contributed by atoms with Crippen molar-refractivity contribution in [1.29, 1.82) is 0 Å². The summed E-state index contributed by atoms with van der Waals surface area (Å²) in [5.74, 6) is -0.179. The highest BCUT2D eigenvalue weighted by Crippen LogP contribution is 2.49. The second kappa shape index (κ2) is 10.4. The van der Waals surface area contributed by atoms with Gasteiger partial charge in [0.25, 0.3) is 5.91 Å². The van der Waals surface area contributed by atoms with Gasteiger partial charge in [0.1, 0.15) is 5.75 Å². The van der Waals surface area contributed by atoms with Crippen LogP contribution in [0.15, 0.2) is 53.4 Å². The van der Waals surface area contributed by atoms with Crippen LogP contribution in [-0.4, -0.2) is 39.5 Å². The summed E-state index contributed by atoms with van der Waals surface area (Å²) in [5, 5.41) is 2.74. The number of carbonyl (C=O) groups is 2. The van der Waals surface area contributed by atoms with Gasteiger partial charge in [0.2, 0.25) is 10.0 Å². The molecule has 1 amide bonds. The van der Waals surface area contributed by atoms with E-state index >= 15 is 0 Å². The molecule has 33 heavy (non-hydrogen) atoms. The summed E-state index contributed by atoms with van der Waals surface area (Å²) in [6.45, 7) is 5.60. The van der Waals surface area contributed by atoms with Crippen molar-refractivity contribution in [2.45, 2.75) is 56.4 Å². The fourth-order valence-corrected chi connectivity index (χ4v) is 4.68. The number of ether oxygens (including phenoxy) is 2. The third-order valence-electron chi connectivity index (χ3n) is 5.61. The number of amides is 1. The lowest BCUT2D eigenvalue weighted by Gasteiger charge is -2.15. The molecule has 2 aromatic carbocycles. The van der Waals surface area contributed by atoms with Gasteiger partial charge in [-0.1, -0.05) is 19.1 Å². The second-order valence-corrected chi connectivity index (χ2v) is 9.83. The Bertz CT molecular complexity index is 1080. The van der Waals surface area contributed by atoms with Gasteiger partial charge in [-0.25, -0.2) is 13.1 Å². The normalized spacial score (nSPS) is 15.4. The lowest BCUT2D eigenvalue weighted by molar-refractivity contribution is -0.146. The molecule has 1 aliphatic rings. The van der Waals surface area contributed by atoms with Crippen molar-refractivity contribution in [1.82, 2.24) is 4.72 Å². The Balaban J connectivity index is 1.52. The van der Waals surface area contributed by atoms with E-state index in [0.717, 1.165) is 18.4 Å². The topological polar surface area (TPSA) is 111 Å². The average molecular weight is 475 g/mol. The number of nitrogens with one attached hydrogen (secondary N) is 2. The molecule has 1 saturated carbocycles. The Morgan fingerprint density at radius 2 is 1.67 bits per heavy atom. The number of hydrogen-bond acceptors (Lipinski definition) is 6. The minimum Gasteiger partial charge on any atom is -0.484 e. The highest BCUT2D eigenvalue weighted by molar-refractivity contribution is 7.89. The Kier molecular flexibility index (Phi) is 7.76. The van der Waals surface area contributed by atoms with Crippen LogP contribution < -0.4 is 14.8 Å². The van der Waals surface area contributed by atoms with Crippen molar-refractivity contribution < 1.29 is 27.5 Å². The standard InChI is InChI=1S/C24H30N2O6S/c1-4-17(3)26-33(29,30)21-12-10-20(11-13-21)32-16-22(27)25-19-8-6-18(7-9-19)24(14-15-24)23(28)31-5-2/h6-13,17,26H,4-5,14-16H2,1-3H3,(H,25,27)/t17-/m1/s1. The summed E-state index contributed by atoms with van der Waals surface area (Å²) < 4.78 is 37.8. The van der Waals surface area contributed by atoms with Crippen molar-refractivity contribution in [3.63, 3.8) is 0 Å². The highest BCUT2D eigenvalue weighted by Gasteiger charge is 2.52. The molecule has 9 heteroatoms. The molecular formula is C24H30N2O6S. The van der Waals surface area contributed by atoms with Gasteiger partial charge in [-0.2, -0.15) is 0 Å². The summed E-state index contributed by atoms with van der Waals surface area (Å²) in [7, 11) is -3.59. The zero-order valence-corrected chi connectivity index (χ0v) is 19.9. The van der Waals surface area contributed by atoms with E-state index in [1.165, 1.54) is 24.3 Å². The SMILES string of the molecule is CCOC(=O)C1(c2ccc(NC(=O)COc3ccc(S(=O)(=O)N[C@H](C)CC)cc3)cc2)CC1. The first-order valence-electron chi connectivity index (χ1n) is 11.0. The first kappa shape index (κ1) is 24.7. The Labute approximate surface area is 194 Å². The van der Waals surface area contributed by atoms with Crippen LogP contribution in [0.25, 0.3) is 0 Å². The van der Waals surface area contributed by atoms with Crippen molar-refractivity contribution >= 4 is 27.6 Å². The van der Waals surface area contributed by atoms with Gasteiger partial charge in [-0.05, 0) is 75.1 Å². The van der Waals surface area contributed by atoms with Crippen LogP contribution in [0.3, 0.4) is 0 Å². The Hall–Kier alpha value is -2.91. The predicted octanol–water partition coefficient (Wildman–Crippen LogP) is 3.38. The molecule has 0 saturated heterocycles. The van der Waals surface area contributed by atoms with Crippen LogP contribution in [0.5, 0.6) is 5.75 Å². The number of benzene rings is 2. The summed E-state index contributed by atoms with van der Waals surface area (Å²) in [5.41, 5.74) is 0.920. The molecule has 0 aromatic heterocycles. The molecule has 0 bridgehead atoms. The summed E-state index contributed by atoms with van der Waals surface area (Å²) in [6.07, 6.45) is 2.21. The molecule has 1 aliphatic carbocycles. The summed E-state index contributed by atoms with van der Waals surface area (Å²) >= 11 is 0. The maximum absolute atomic E-state index is 12.3. The van der Waals surface area contributed by atoms with Gasteiger partial charge in [0.05, 0.1) is 16.9 Å². The van der Waals surface area contributed by atoms with Crippen LogP contribution in [0.2, 0.25) is 0 Å². The number of rotatable bonds is 11. The molecule has 0 unspecified atom stereocenters. The van der Waals surface area contributed by atoms with Crippen LogP contribution in [0.4, 0.5) is 5.69 Å². The zero-order valence-electron chi connectivity index (χ0n) is 19.1. The largest absolute Gasteiger partial charge is 0.484 e. The van der Waals surface area contributed by atoms with Crippen molar-refractivity contribution in [3.05, 3.63) is 54.1 Å². The molecule has 1 fully saturated rings. The molecule has 2 N–H and O–H groups in total. The number of hydrogen-bond donors (Lipinski definition) is 2. The molecule has 8 nitrogen and oxygen atoms in total. The van der Waals surface area contributed by atoms with Gasteiger partial charge < -0.3 is 14.8 Å². The Morgan fingerprint density at radius 1 is 1.03 bits per heavy atom. The van der Waals surface area contributed by atoms with E-state index in [0.29, 0.717) is 24.5 Å². The zero-order chi connectivity index (χ0) is 24.1. The van der Waals surface area contributed by atoms with E-state index in [-0.39, 0.29) is 29.4 Å². The van der Waals surface area contributed by atoms with E-state index in [9.17, 15) is 18.0 Å². The minimum absolute atomic E-state index is 0.135. The number of carbonyl (C=O) groups excluding carboxylic acids is 2. The van der Waals surface area contributed by atoms with Crippen molar-refractivity contribution in [3.8, 4) is 5.75 Å². The molecular weight excluding hydrogens is 444 g/mol. The second-order valence-electron chi connectivity index (χ2n) is 8.12. The van der Waals surface area contributed by atoms with Gasteiger partial charge in [-0.3, -0.25) is 9.59 Å². The van der Waals surface area contributed by atoms with Gasteiger partial charge in [0.15, 0.2) is 6.61 Å². The fourth-order valence-electron chi connectivity index (χ4n) is 3.35. The quantitative estimate of drug-likeness (QED) is 0.483. The van der Waals surface area contributed by atoms with E-state index in [1.807, 2.05) is 19.1 Å². The number of sulfonamides is 1. The summed E-state index contributed by atoms with van der Waals surface area (Å²) in [6, 6.07) is 12.9. The van der Waals surface area contributed by atoms with E-state index in [4.69, 9.17) is 9.47 Å². The maximum Gasteiger partial charge on any atom is 0.316 e. The first-order chi connectivity index (χ1) is 15.7. The fraction of sp³-hybridized carbons (Fsp3) is 0.417. The molecule has 1 atom stereocenters. The van der Waals surface area contributed by atoms with Crippen LogP contribution in [0.1, 0.15) is 45.6 Å². The molecule has 0 radical (unpaired) electrons. The van der Waals surface area contributed by atoms with Crippen LogP contribution in [-0.2, 0) is 29.8 Å². The molecule has 3 rings (SSSR count). The summed E-state index contributed by atoms with van der Waals surface area (Å²) in [4.78, 5) is 24.6. The van der Waals surface area contributed by atoms with Gasteiger partial charge >= 0.3 is 5.97 Å². The van der Waals surface area contributed by atoms with Gasteiger partial charge in [-0.15, -0.1) is 0 Å². The third-order valence-corrected chi connectivity index (χ3v) is 7.22. The molecule has 2 aromatic rings. The van der Waals surface area contributed by atoms with E-state index < -0.39 is 15.4 Å². The first-order valence-corrected chi connectivity index (χ1v) is 12.5. The van der Waals surface area contributed by atoms with Gasteiger partial charge in [0, 0.05) is 11.7 Å². The van der Waals surface area contributed by atoms with Crippen LogP contribution in [0, 0.1) is 0 Å². The average Bonchev–Trinajstić information content (AvgIpc) is 3.60. The third kappa shape index (κ3) is 6.11. The predicted molar refractivity (Wildman–Crippen MR) is 125 cm³/mol. The van der Waals surface area contributed by atoms with Crippen molar-refractivity contribution in [2.24, 2.45) is 0 Å². The molecule has 0 spiro atoms. The van der Waals surface area contributed by atoms with Crippen LogP contribution >= 0.6 is 0 Å². The molecule has 178 valence electrons. The lowest BCUT2D eigenvalue weighted by atomic mass is 9.96. The smallest absolute Gasteiger partial charge is 0.316 e. The van der Waals surface area contributed by atoms with E-state index in [2.05, 4.69) is 10.0 Å². The number of anilines is 1. The lowest BCUT2D eigenvalue weighted by Crippen LogP contribution is -2.31. The number of esters is 1. The minimum atomic E-state index is -3.59. The maximum atomic E-state index is 12.3.